The van der Waals surface area contributed by atoms with Gasteiger partial charge in [-0.2, -0.15) is 0 Å². The van der Waals surface area contributed by atoms with Gasteiger partial charge >= 0.3 is 0 Å². The summed E-state index contributed by atoms with van der Waals surface area (Å²) >= 11 is 0. The molecular weight excluding hydrogens is 288 g/mol. The lowest BCUT2D eigenvalue weighted by molar-refractivity contribution is -0.131. The molecule has 1 aliphatic rings. The van der Waals surface area contributed by atoms with Gasteiger partial charge in [-0.05, 0) is 44.2 Å². The monoisotopic (exact) mass is 318 g/mol. The highest BCUT2D eigenvalue weighted by Crippen LogP contribution is 2.34. The molecule has 128 valence electrons. The van der Waals surface area contributed by atoms with Gasteiger partial charge in [-0.25, -0.2) is 0 Å². The van der Waals surface area contributed by atoms with Crippen LogP contribution < -0.4 is 10.1 Å². The summed E-state index contributed by atoms with van der Waals surface area (Å²) in [5.74, 6) is 1.60. The Bertz CT molecular complexity index is 536. The van der Waals surface area contributed by atoms with Gasteiger partial charge in [0.05, 0.1) is 6.61 Å². The second kappa shape index (κ2) is 8.34. The lowest BCUT2D eigenvalue weighted by Gasteiger charge is -2.28. The molecule has 1 amide bonds. The molecule has 4 nitrogen and oxygen atoms in total. The fourth-order valence-electron chi connectivity index (χ4n) is 3.26. The van der Waals surface area contributed by atoms with Gasteiger partial charge in [-0.1, -0.05) is 24.6 Å². The number of piperazine rings is 1. The molecule has 1 aromatic rings. The highest BCUT2D eigenvalue weighted by Gasteiger charge is 2.19. The van der Waals surface area contributed by atoms with Crippen LogP contribution in [0.1, 0.15) is 49.3 Å². The third-order valence-electron chi connectivity index (χ3n) is 4.53. The van der Waals surface area contributed by atoms with Gasteiger partial charge in [-0.3, -0.25) is 4.79 Å². The fraction of sp³-hybridized carbons (Fsp3) is 0.632. The number of nitrogens with zero attached hydrogens (tertiary/aromatic N) is 1. The third kappa shape index (κ3) is 4.71. The average molecular weight is 318 g/mol. The van der Waals surface area contributed by atoms with Crippen molar-refractivity contribution in [1.82, 2.24) is 10.2 Å². The first-order chi connectivity index (χ1) is 11.0. The minimum Gasteiger partial charge on any atom is -0.493 e. The van der Waals surface area contributed by atoms with Gasteiger partial charge in [0.15, 0.2) is 0 Å². The van der Waals surface area contributed by atoms with Crippen molar-refractivity contribution >= 4 is 5.91 Å². The van der Waals surface area contributed by atoms with E-state index in [0.29, 0.717) is 18.9 Å². The van der Waals surface area contributed by atoms with E-state index in [1.54, 1.807) is 0 Å². The molecule has 0 saturated carbocycles. The van der Waals surface area contributed by atoms with Gasteiger partial charge in [0.2, 0.25) is 5.91 Å². The lowest BCUT2D eigenvalue weighted by atomic mass is 9.92. The molecule has 0 aliphatic carbocycles. The summed E-state index contributed by atoms with van der Waals surface area (Å²) in [7, 11) is 0. The Morgan fingerprint density at radius 3 is 2.65 bits per heavy atom. The predicted molar refractivity (Wildman–Crippen MR) is 94.2 cm³/mol. The van der Waals surface area contributed by atoms with Gasteiger partial charge in [-0.15, -0.1) is 0 Å². The molecule has 0 radical (unpaired) electrons. The number of aryl methyl sites for hydroxylation is 2. The van der Waals surface area contributed by atoms with Crippen LogP contribution in [0, 0.1) is 13.8 Å². The SMILES string of the molecule is CCOc1c(C)cc(C)cc1C(C)CCC(=O)N1CCNCC1. The third-order valence-corrected chi connectivity index (χ3v) is 4.53. The van der Waals surface area contributed by atoms with Gasteiger partial charge in [0.25, 0.3) is 0 Å². The second-order valence-corrected chi connectivity index (χ2v) is 6.50. The molecule has 0 spiro atoms. The van der Waals surface area contributed by atoms with E-state index >= 15 is 0 Å². The van der Waals surface area contributed by atoms with Gasteiger partial charge in [0.1, 0.15) is 5.75 Å². The number of carbonyl (C=O) groups is 1. The number of amides is 1. The number of benzene rings is 1. The van der Waals surface area contributed by atoms with Crippen molar-refractivity contribution in [2.24, 2.45) is 0 Å². The first-order valence-electron chi connectivity index (χ1n) is 8.75. The second-order valence-electron chi connectivity index (χ2n) is 6.50. The van der Waals surface area contributed by atoms with E-state index in [0.717, 1.165) is 38.3 Å². The molecule has 1 N–H and O–H groups in total. The smallest absolute Gasteiger partial charge is 0.222 e. The summed E-state index contributed by atoms with van der Waals surface area (Å²) in [6, 6.07) is 4.37. The minimum atomic E-state index is 0.278. The molecule has 0 aromatic heterocycles. The number of hydrogen-bond donors (Lipinski definition) is 1. The molecule has 0 bridgehead atoms. The lowest BCUT2D eigenvalue weighted by Crippen LogP contribution is -2.46. The van der Waals surface area contributed by atoms with Crippen molar-refractivity contribution < 1.29 is 9.53 Å². The number of carbonyl (C=O) groups excluding carboxylic acids is 1. The topological polar surface area (TPSA) is 41.6 Å². The Morgan fingerprint density at radius 2 is 2.00 bits per heavy atom. The van der Waals surface area contributed by atoms with E-state index < -0.39 is 0 Å². The maximum atomic E-state index is 12.3. The summed E-state index contributed by atoms with van der Waals surface area (Å²) in [6.07, 6.45) is 1.48. The van der Waals surface area contributed by atoms with E-state index in [4.69, 9.17) is 4.74 Å². The van der Waals surface area contributed by atoms with Crippen molar-refractivity contribution in [1.29, 1.82) is 0 Å². The maximum Gasteiger partial charge on any atom is 0.222 e. The van der Waals surface area contributed by atoms with E-state index in [9.17, 15) is 4.79 Å². The molecule has 1 heterocycles. The quantitative estimate of drug-likeness (QED) is 0.876. The van der Waals surface area contributed by atoms with Crippen LogP contribution in [0.3, 0.4) is 0 Å². The summed E-state index contributed by atoms with van der Waals surface area (Å²) in [5.41, 5.74) is 3.67. The van der Waals surface area contributed by atoms with Crippen LogP contribution in [0.2, 0.25) is 0 Å². The Hall–Kier alpha value is -1.55. The van der Waals surface area contributed by atoms with Crippen LogP contribution in [0.15, 0.2) is 12.1 Å². The number of ether oxygens (including phenoxy) is 1. The van der Waals surface area contributed by atoms with Crippen molar-refractivity contribution in [2.45, 2.75) is 46.5 Å². The zero-order valence-corrected chi connectivity index (χ0v) is 14.9. The van der Waals surface area contributed by atoms with Crippen molar-refractivity contribution in [2.75, 3.05) is 32.8 Å². The number of rotatable bonds is 6. The van der Waals surface area contributed by atoms with Crippen molar-refractivity contribution in [3.8, 4) is 5.75 Å². The van der Waals surface area contributed by atoms with Crippen LogP contribution in [-0.2, 0) is 4.79 Å². The Kier molecular flexibility index (Phi) is 6.46. The average Bonchev–Trinajstić information content (AvgIpc) is 2.55. The van der Waals surface area contributed by atoms with E-state index in [-0.39, 0.29) is 5.91 Å². The molecule has 1 unspecified atom stereocenters. The molecule has 23 heavy (non-hydrogen) atoms. The molecule has 1 fully saturated rings. The zero-order valence-electron chi connectivity index (χ0n) is 14.9. The molecule has 2 rings (SSSR count). The predicted octanol–water partition coefficient (Wildman–Crippen LogP) is 3.02. The number of hydrogen-bond acceptors (Lipinski definition) is 3. The number of nitrogens with one attached hydrogen (secondary N) is 1. The highest BCUT2D eigenvalue weighted by atomic mass is 16.5. The first kappa shape index (κ1) is 17.8. The minimum absolute atomic E-state index is 0.278. The zero-order chi connectivity index (χ0) is 16.8. The van der Waals surface area contributed by atoms with Crippen LogP contribution in [0.5, 0.6) is 5.75 Å². The highest BCUT2D eigenvalue weighted by molar-refractivity contribution is 5.76. The van der Waals surface area contributed by atoms with E-state index in [1.165, 1.54) is 16.7 Å². The van der Waals surface area contributed by atoms with Crippen molar-refractivity contribution in [3.05, 3.63) is 28.8 Å². The molecule has 4 heteroatoms. The summed E-state index contributed by atoms with van der Waals surface area (Å²) in [5, 5.41) is 3.28. The van der Waals surface area contributed by atoms with Crippen LogP contribution >= 0.6 is 0 Å². The summed E-state index contributed by atoms with van der Waals surface area (Å²) < 4.78 is 5.86. The summed E-state index contributed by atoms with van der Waals surface area (Å²) in [6.45, 7) is 12.6. The van der Waals surface area contributed by atoms with Crippen molar-refractivity contribution in [3.63, 3.8) is 0 Å². The molecule has 1 saturated heterocycles. The van der Waals surface area contributed by atoms with E-state index in [2.05, 4.69) is 38.2 Å². The molecule has 1 atom stereocenters. The Morgan fingerprint density at radius 1 is 1.30 bits per heavy atom. The molecule has 1 aliphatic heterocycles. The normalized spacial score (nSPS) is 16.3. The standard InChI is InChI=1S/C19H30N2O2/c1-5-23-19-16(4)12-14(2)13-17(19)15(3)6-7-18(22)21-10-8-20-9-11-21/h12-13,15,20H,5-11H2,1-4H3. The van der Waals surface area contributed by atoms with Crippen LogP contribution in [0.25, 0.3) is 0 Å². The Balaban J connectivity index is 2.02. The van der Waals surface area contributed by atoms with Gasteiger partial charge in [0, 0.05) is 32.6 Å². The van der Waals surface area contributed by atoms with Crippen LogP contribution in [0.4, 0.5) is 0 Å². The fourth-order valence-corrected chi connectivity index (χ4v) is 3.26. The first-order valence-corrected chi connectivity index (χ1v) is 8.75. The summed E-state index contributed by atoms with van der Waals surface area (Å²) in [4.78, 5) is 14.3. The maximum absolute atomic E-state index is 12.3. The van der Waals surface area contributed by atoms with Gasteiger partial charge < -0.3 is 15.0 Å². The van der Waals surface area contributed by atoms with E-state index in [1.807, 2.05) is 11.8 Å². The van der Waals surface area contributed by atoms with Crippen LogP contribution in [-0.4, -0.2) is 43.6 Å². The molecular formula is C19H30N2O2. The Labute approximate surface area is 140 Å². The molecule has 1 aromatic carbocycles. The largest absolute Gasteiger partial charge is 0.493 e.